The van der Waals surface area contributed by atoms with Crippen molar-refractivity contribution >= 4 is 0 Å². The van der Waals surface area contributed by atoms with Crippen molar-refractivity contribution in [2.75, 3.05) is 0 Å². The van der Waals surface area contributed by atoms with Crippen LogP contribution in [0.5, 0.6) is 0 Å². The van der Waals surface area contributed by atoms with Crippen molar-refractivity contribution in [1.29, 1.82) is 0 Å². The molecule has 0 aliphatic rings. The lowest BCUT2D eigenvalue weighted by Crippen LogP contribution is -1.77. The van der Waals surface area contributed by atoms with E-state index in [9.17, 15) is 4.39 Å². The van der Waals surface area contributed by atoms with E-state index in [4.69, 9.17) is 1.37 Å². The minimum Gasteiger partial charge on any atom is -0.364 e. The number of nitrogens with zero attached hydrogens (tertiary/aromatic N) is 1. The van der Waals surface area contributed by atoms with Crippen LogP contribution in [0.2, 0.25) is 0 Å². The molecule has 1 heterocycles. The highest BCUT2D eigenvalue weighted by molar-refractivity contribution is 5.57. The standard InChI is InChI=1S/C9H6FNO/c10-8-3-1-7(2-4-8)9-5-6-12-11-9/h1-6H/i6D. The zero-order chi connectivity index (χ0) is 9.26. The number of hydrogen-bond acceptors (Lipinski definition) is 2. The maximum Gasteiger partial charge on any atom is 0.124 e. The summed E-state index contributed by atoms with van der Waals surface area (Å²) in [5, 5.41) is 3.63. The maximum atomic E-state index is 12.5. The van der Waals surface area contributed by atoms with Gasteiger partial charge in [0.1, 0.15) is 19.1 Å². The lowest BCUT2D eigenvalue weighted by Gasteiger charge is -1.92. The predicted octanol–water partition coefficient (Wildman–Crippen LogP) is 2.48. The first-order valence-electron chi connectivity index (χ1n) is 3.95. The number of hydrogen-bond donors (Lipinski definition) is 0. The van der Waals surface area contributed by atoms with E-state index in [1.165, 1.54) is 18.2 Å². The molecule has 0 saturated heterocycles. The van der Waals surface area contributed by atoms with Crippen LogP contribution < -0.4 is 0 Å². The van der Waals surface area contributed by atoms with E-state index in [-0.39, 0.29) is 12.1 Å². The van der Waals surface area contributed by atoms with Crippen LogP contribution in [0.25, 0.3) is 11.3 Å². The van der Waals surface area contributed by atoms with Crippen LogP contribution in [0.1, 0.15) is 1.37 Å². The van der Waals surface area contributed by atoms with Crippen molar-refractivity contribution in [3.05, 3.63) is 42.4 Å². The van der Waals surface area contributed by atoms with Crippen molar-refractivity contribution in [1.82, 2.24) is 5.16 Å². The lowest BCUT2D eigenvalue weighted by molar-refractivity contribution is 0.422. The highest BCUT2D eigenvalue weighted by Crippen LogP contribution is 2.16. The molecule has 1 aromatic carbocycles. The highest BCUT2D eigenvalue weighted by Gasteiger charge is 1.99. The Hall–Kier alpha value is -1.64. The van der Waals surface area contributed by atoms with Crippen molar-refractivity contribution < 1.29 is 10.3 Å². The minimum atomic E-state index is -0.293. The lowest BCUT2D eigenvalue weighted by atomic mass is 10.1. The fourth-order valence-electron chi connectivity index (χ4n) is 0.941. The van der Waals surface area contributed by atoms with Crippen molar-refractivity contribution in [2.24, 2.45) is 0 Å². The molecule has 60 valence electrons. The van der Waals surface area contributed by atoms with Gasteiger partial charge in [0.05, 0.1) is 0 Å². The molecule has 0 atom stereocenters. The van der Waals surface area contributed by atoms with Crippen molar-refractivity contribution in [3.63, 3.8) is 0 Å². The van der Waals surface area contributed by atoms with Gasteiger partial charge in [-0.2, -0.15) is 0 Å². The van der Waals surface area contributed by atoms with Gasteiger partial charge in [-0.1, -0.05) is 5.16 Å². The minimum absolute atomic E-state index is 0.000625. The van der Waals surface area contributed by atoms with E-state index in [0.717, 1.165) is 5.56 Å². The molecule has 3 heteroatoms. The fraction of sp³-hybridized carbons (Fsp3) is 0. The molecule has 2 nitrogen and oxygen atoms in total. The molecule has 0 amide bonds. The smallest absolute Gasteiger partial charge is 0.124 e. The quantitative estimate of drug-likeness (QED) is 0.647. The van der Waals surface area contributed by atoms with Crippen LogP contribution in [-0.2, 0) is 0 Å². The Balaban J connectivity index is 2.41. The van der Waals surface area contributed by atoms with Crippen LogP contribution in [0.3, 0.4) is 0 Å². The van der Waals surface area contributed by atoms with Crippen LogP contribution in [0.4, 0.5) is 4.39 Å². The maximum absolute atomic E-state index is 12.5. The summed E-state index contributed by atoms with van der Waals surface area (Å²) in [6.07, 6.45) is -0.000625. The number of benzene rings is 1. The zero-order valence-corrected chi connectivity index (χ0v) is 6.12. The van der Waals surface area contributed by atoms with Gasteiger partial charge in [-0.15, -0.1) is 0 Å². The van der Waals surface area contributed by atoms with E-state index in [1.807, 2.05) is 0 Å². The average Bonchev–Trinajstić information content (AvgIpc) is 2.53. The first kappa shape index (κ1) is 5.94. The molecular weight excluding hydrogens is 157 g/mol. The number of halogens is 1. The van der Waals surface area contributed by atoms with Gasteiger partial charge in [0, 0.05) is 11.6 Å². The Kier molecular flexibility index (Phi) is 1.37. The van der Waals surface area contributed by atoms with Gasteiger partial charge in [-0.25, -0.2) is 4.39 Å². The predicted molar refractivity (Wildman–Crippen MR) is 41.9 cm³/mol. The van der Waals surface area contributed by atoms with E-state index in [1.54, 1.807) is 12.1 Å². The Morgan fingerprint density at radius 3 is 2.58 bits per heavy atom. The molecule has 0 bridgehead atoms. The molecule has 12 heavy (non-hydrogen) atoms. The molecule has 0 aliphatic heterocycles. The largest absolute Gasteiger partial charge is 0.364 e. The Morgan fingerprint density at radius 1 is 1.25 bits per heavy atom. The Bertz CT molecular complexity index is 410. The second-order valence-corrected chi connectivity index (χ2v) is 2.34. The van der Waals surface area contributed by atoms with E-state index in [0.29, 0.717) is 5.69 Å². The second-order valence-electron chi connectivity index (χ2n) is 2.34. The zero-order valence-electron chi connectivity index (χ0n) is 7.12. The molecule has 0 saturated carbocycles. The van der Waals surface area contributed by atoms with E-state index in [2.05, 4.69) is 9.68 Å². The molecule has 0 fully saturated rings. The van der Waals surface area contributed by atoms with Gasteiger partial charge < -0.3 is 4.52 Å². The molecule has 1 aromatic heterocycles. The summed E-state index contributed by atoms with van der Waals surface area (Å²) in [7, 11) is 0. The third kappa shape index (κ3) is 1.21. The summed E-state index contributed by atoms with van der Waals surface area (Å²) in [5.74, 6) is -0.293. The topological polar surface area (TPSA) is 26.0 Å². The van der Waals surface area contributed by atoms with Gasteiger partial charge in [-0.3, -0.25) is 0 Å². The molecule has 0 N–H and O–H groups in total. The molecule has 2 aromatic rings. The molecular formula is C9H6FNO. The summed E-state index contributed by atoms with van der Waals surface area (Å²) >= 11 is 0. The third-order valence-corrected chi connectivity index (χ3v) is 1.53. The second kappa shape index (κ2) is 2.77. The summed E-state index contributed by atoms with van der Waals surface area (Å²) in [4.78, 5) is 0. The van der Waals surface area contributed by atoms with Crippen LogP contribution in [0, 0.1) is 5.82 Å². The number of aromatic nitrogens is 1. The first-order valence-corrected chi connectivity index (χ1v) is 3.45. The molecule has 0 radical (unpaired) electrons. The van der Waals surface area contributed by atoms with E-state index >= 15 is 0 Å². The fourth-order valence-corrected chi connectivity index (χ4v) is 0.941. The van der Waals surface area contributed by atoms with Crippen molar-refractivity contribution in [3.8, 4) is 11.3 Å². The van der Waals surface area contributed by atoms with E-state index < -0.39 is 0 Å². The SMILES string of the molecule is [2H]c1cc(-c2ccc(F)cc2)no1. The summed E-state index contributed by atoms with van der Waals surface area (Å²) in [5.41, 5.74) is 1.29. The van der Waals surface area contributed by atoms with Crippen LogP contribution in [0.15, 0.2) is 41.1 Å². The molecule has 0 aliphatic carbocycles. The van der Waals surface area contributed by atoms with Crippen molar-refractivity contribution in [2.45, 2.75) is 0 Å². The highest BCUT2D eigenvalue weighted by atomic mass is 19.1. The molecule has 0 spiro atoms. The van der Waals surface area contributed by atoms with Gasteiger partial charge in [0.25, 0.3) is 0 Å². The summed E-state index contributed by atoms with van der Waals surface area (Å²) < 4.78 is 24.2. The van der Waals surface area contributed by atoms with Gasteiger partial charge in [0.2, 0.25) is 0 Å². The monoisotopic (exact) mass is 164 g/mol. The summed E-state index contributed by atoms with van der Waals surface area (Å²) in [6.45, 7) is 0. The molecule has 0 unspecified atom stereocenters. The summed E-state index contributed by atoms with van der Waals surface area (Å²) in [6, 6.07) is 7.34. The molecule has 2 rings (SSSR count). The Morgan fingerprint density at radius 2 is 2.00 bits per heavy atom. The number of rotatable bonds is 1. The van der Waals surface area contributed by atoms with Gasteiger partial charge in [-0.05, 0) is 24.3 Å². The van der Waals surface area contributed by atoms with Crippen LogP contribution >= 0.6 is 0 Å². The van der Waals surface area contributed by atoms with Crippen LogP contribution in [-0.4, -0.2) is 5.16 Å². The first-order chi connectivity index (χ1) is 6.25. The average molecular weight is 164 g/mol. The van der Waals surface area contributed by atoms with Gasteiger partial charge >= 0.3 is 0 Å². The third-order valence-electron chi connectivity index (χ3n) is 1.53. The Labute approximate surface area is 70.0 Å². The van der Waals surface area contributed by atoms with Gasteiger partial charge in [0.15, 0.2) is 0 Å². The normalized spacial score (nSPS) is 11.2.